The van der Waals surface area contributed by atoms with E-state index in [9.17, 15) is 4.79 Å². The molecule has 2 aromatic rings. The molecule has 1 aromatic heterocycles. The maximum absolute atomic E-state index is 11.0. The fourth-order valence-corrected chi connectivity index (χ4v) is 2.97. The molecule has 106 valence electrons. The SMILES string of the molecule is CCC1CCC(C)N1c1nc2ccc(C(=O)O)cc2o1. The lowest BCUT2D eigenvalue weighted by molar-refractivity contribution is 0.0697. The van der Waals surface area contributed by atoms with Crippen molar-refractivity contribution in [2.24, 2.45) is 0 Å². The third kappa shape index (κ3) is 2.03. The second-order valence-electron chi connectivity index (χ2n) is 5.38. The van der Waals surface area contributed by atoms with Gasteiger partial charge in [0.25, 0.3) is 6.01 Å². The number of aromatic carboxylic acids is 1. The van der Waals surface area contributed by atoms with Crippen LogP contribution in [0.25, 0.3) is 11.1 Å². The van der Waals surface area contributed by atoms with Crippen LogP contribution in [-0.4, -0.2) is 28.1 Å². The van der Waals surface area contributed by atoms with Crippen molar-refractivity contribution in [1.29, 1.82) is 0 Å². The Balaban J connectivity index is 2.02. The monoisotopic (exact) mass is 274 g/mol. The van der Waals surface area contributed by atoms with E-state index < -0.39 is 5.97 Å². The number of hydrogen-bond donors (Lipinski definition) is 1. The number of carboxylic acid groups (broad SMARTS) is 1. The summed E-state index contributed by atoms with van der Waals surface area (Å²) in [7, 11) is 0. The van der Waals surface area contributed by atoms with Gasteiger partial charge in [-0.2, -0.15) is 4.98 Å². The van der Waals surface area contributed by atoms with Crippen LogP contribution in [0.4, 0.5) is 6.01 Å². The number of benzene rings is 1. The number of anilines is 1. The molecule has 1 aliphatic heterocycles. The van der Waals surface area contributed by atoms with Gasteiger partial charge < -0.3 is 14.4 Å². The first-order valence-corrected chi connectivity index (χ1v) is 7.02. The molecular weight excluding hydrogens is 256 g/mol. The highest BCUT2D eigenvalue weighted by molar-refractivity contribution is 5.92. The van der Waals surface area contributed by atoms with Crippen LogP contribution >= 0.6 is 0 Å². The molecule has 2 atom stereocenters. The molecule has 1 aromatic carbocycles. The summed E-state index contributed by atoms with van der Waals surface area (Å²) >= 11 is 0. The van der Waals surface area contributed by atoms with Gasteiger partial charge in [0, 0.05) is 12.1 Å². The largest absolute Gasteiger partial charge is 0.478 e. The van der Waals surface area contributed by atoms with Gasteiger partial charge in [-0.25, -0.2) is 4.79 Å². The van der Waals surface area contributed by atoms with Gasteiger partial charge in [0.05, 0.1) is 5.56 Å². The molecule has 1 aliphatic rings. The fraction of sp³-hybridized carbons (Fsp3) is 0.467. The first-order chi connectivity index (χ1) is 9.60. The van der Waals surface area contributed by atoms with E-state index in [2.05, 4.69) is 23.7 Å². The Hall–Kier alpha value is -2.04. The van der Waals surface area contributed by atoms with E-state index in [1.54, 1.807) is 12.1 Å². The quantitative estimate of drug-likeness (QED) is 0.930. The van der Waals surface area contributed by atoms with Gasteiger partial charge in [0.15, 0.2) is 5.58 Å². The smallest absolute Gasteiger partial charge is 0.335 e. The van der Waals surface area contributed by atoms with Gasteiger partial charge in [-0.1, -0.05) is 6.92 Å². The number of carboxylic acids is 1. The van der Waals surface area contributed by atoms with Crippen LogP contribution in [0.3, 0.4) is 0 Å². The van der Waals surface area contributed by atoms with Gasteiger partial charge in [-0.15, -0.1) is 0 Å². The zero-order chi connectivity index (χ0) is 14.3. The summed E-state index contributed by atoms with van der Waals surface area (Å²) in [6.07, 6.45) is 3.35. The fourth-order valence-electron chi connectivity index (χ4n) is 2.97. The van der Waals surface area contributed by atoms with E-state index >= 15 is 0 Å². The average molecular weight is 274 g/mol. The minimum absolute atomic E-state index is 0.224. The summed E-state index contributed by atoms with van der Waals surface area (Å²) in [5, 5.41) is 9.01. The van der Waals surface area contributed by atoms with Crippen molar-refractivity contribution in [3.63, 3.8) is 0 Å². The molecule has 20 heavy (non-hydrogen) atoms. The van der Waals surface area contributed by atoms with Crippen LogP contribution in [0.5, 0.6) is 0 Å². The Labute approximate surface area is 117 Å². The summed E-state index contributed by atoms with van der Waals surface area (Å²) in [4.78, 5) is 17.7. The predicted molar refractivity (Wildman–Crippen MR) is 76.2 cm³/mol. The third-order valence-corrected chi connectivity index (χ3v) is 4.10. The van der Waals surface area contributed by atoms with E-state index in [1.807, 2.05) is 0 Å². The maximum atomic E-state index is 11.0. The van der Waals surface area contributed by atoms with E-state index in [4.69, 9.17) is 9.52 Å². The minimum atomic E-state index is -0.953. The third-order valence-electron chi connectivity index (χ3n) is 4.10. The normalized spacial score (nSPS) is 22.6. The van der Waals surface area contributed by atoms with Gasteiger partial charge in [-0.3, -0.25) is 0 Å². The summed E-state index contributed by atoms with van der Waals surface area (Å²) in [6.45, 7) is 4.34. The Morgan fingerprint density at radius 3 is 3.00 bits per heavy atom. The second-order valence-corrected chi connectivity index (χ2v) is 5.38. The molecule has 0 saturated carbocycles. The second kappa shape index (κ2) is 4.81. The highest BCUT2D eigenvalue weighted by Gasteiger charge is 2.32. The topological polar surface area (TPSA) is 66.6 Å². The highest BCUT2D eigenvalue weighted by atomic mass is 16.4. The van der Waals surface area contributed by atoms with E-state index in [0.717, 1.165) is 19.3 Å². The van der Waals surface area contributed by atoms with Crippen molar-refractivity contribution in [3.8, 4) is 0 Å². The molecule has 0 spiro atoms. The molecule has 5 nitrogen and oxygen atoms in total. The zero-order valence-corrected chi connectivity index (χ0v) is 11.7. The zero-order valence-electron chi connectivity index (χ0n) is 11.7. The molecule has 1 saturated heterocycles. The molecule has 3 rings (SSSR count). The Bertz CT molecular complexity index is 650. The van der Waals surface area contributed by atoms with Crippen LogP contribution in [0.2, 0.25) is 0 Å². The van der Waals surface area contributed by atoms with Gasteiger partial charge in [0.1, 0.15) is 5.52 Å². The van der Waals surface area contributed by atoms with Crippen LogP contribution < -0.4 is 4.90 Å². The molecule has 0 aliphatic carbocycles. The van der Waals surface area contributed by atoms with E-state index in [-0.39, 0.29) is 5.56 Å². The number of aromatic nitrogens is 1. The maximum Gasteiger partial charge on any atom is 0.335 e. The molecule has 1 fully saturated rings. The Kier molecular flexibility index (Phi) is 3.12. The molecule has 2 unspecified atom stereocenters. The highest BCUT2D eigenvalue weighted by Crippen LogP contribution is 2.33. The van der Waals surface area contributed by atoms with Gasteiger partial charge in [-0.05, 0) is 44.4 Å². The number of nitrogens with zero attached hydrogens (tertiary/aromatic N) is 2. The number of oxazole rings is 1. The predicted octanol–water partition coefficient (Wildman–Crippen LogP) is 3.29. The minimum Gasteiger partial charge on any atom is -0.478 e. The number of hydrogen-bond acceptors (Lipinski definition) is 4. The van der Waals surface area contributed by atoms with E-state index in [0.29, 0.717) is 29.2 Å². The molecular formula is C15H18N2O3. The van der Waals surface area contributed by atoms with Crippen molar-refractivity contribution < 1.29 is 14.3 Å². The van der Waals surface area contributed by atoms with Crippen LogP contribution in [-0.2, 0) is 0 Å². The standard InChI is InChI=1S/C15H18N2O3/c1-3-11-6-4-9(2)17(11)15-16-12-7-5-10(14(18)19)8-13(12)20-15/h5,7-9,11H,3-4,6H2,1-2H3,(H,18,19). The first-order valence-electron chi connectivity index (χ1n) is 7.02. The average Bonchev–Trinajstić information content (AvgIpc) is 2.99. The molecule has 5 heteroatoms. The van der Waals surface area contributed by atoms with Crippen molar-refractivity contribution in [1.82, 2.24) is 4.98 Å². The number of fused-ring (bicyclic) bond motifs is 1. The summed E-state index contributed by atoms with van der Waals surface area (Å²) in [6, 6.07) is 6.27. The summed E-state index contributed by atoms with van der Waals surface area (Å²) in [5.41, 5.74) is 1.47. The van der Waals surface area contributed by atoms with E-state index in [1.165, 1.54) is 6.07 Å². The Morgan fingerprint density at radius 1 is 1.50 bits per heavy atom. The van der Waals surface area contributed by atoms with Crippen LogP contribution in [0.15, 0.2) is 22.6 Å². The van der Waals surface area contributed by atoms with Crippen LogP contribution in [0, 0.1) is 0 Å². The van der Waals surface area contributed by atoms with Crippen molar-refractivity contribution in [2.75, 3.05) is 4.90 Å². The molecule has 0 radical (unpaired) electrons. The molecule has 2 heterocycles. The lowest BCUT2D eigenvalue weighted by Crippen LogP contribution is -2.34. The van der Waals surface area contributed by atoms with Gasteiger partial charge >= 0.3 is 5.97 Å². The molecule has 0 bridgehead atoms. The molecule has 0 amide bonds. The van der Waals surface area contributed by atoms with Crippen molar-refractivity contribution >= 4 is 23.1 Å². The lowest BCUT2D eigenvalue weighted by atomic mass is 10.2. The summed E-state index contributed by atoms with van der Waals surface area (Å²) in [5.74, 6) is -0.953. The lowest BCUT2D eigenvalue weighted by Gasteiger charge is -2.25. The molecule has 1 N–H and O–H groups in total. The van der Waals surface area contributed by atoms with Crippen molar-refractivity contribution in [3.05, 3.63) is 23.8 Å². The number of rotatable bonds is 3. The summed E-state index contributed by atoms with van der Waals surface area (Å²) < 4.78 is 5.80. The number of carbonyl (C=O) groups is 1. The van der Waals surface area contributed by atoms with Crippen molar-refractivity contribution in [2.45, 2.75) is 45.2 Å². The Morgan fingerprint density at radius 2 is 2.30 bits per heavy atom. The first kappa shape index (κ1) is 13.0. The van der Waals surface area contributed by atoms with Crippen LogP contribution in [0.1, 0.15) is 43.5 Å². The van der Waals surface area contributed by atoms with Gasteiger partial charge in [0.2, 0.25) is 0 Å².